The van der Waals surface area contributed by atoms with Crippen LogP contribution in [-0.2, 0) is 4.74 Å². The molecular formula is C9H9Cl2NO3. The summed E-state index contributed by atoms with van der Waals surface area (Å²) in [6, 6.07) is 4.41. The van der Waals surface area contributed by atoms with Crippen LogP contribution in [0.1, 0.15) is 20.7 Å². The zero-order valence-electron chi connectivity index (χ0n) is 7.82. The third-order valence-corrected chi connectivity index (χ3v) is 2.08. The van der Waals surface area contributed by atoms with Crippen molar-refractivity contribution in [1.29, 1.82) is 0 Å². The minimum atomic E-state index is -0.680. The van der Waals surface area contributed by atoms with Crippen LogP contribution in [-0.4, -0.2) is 19.0 Å². The van der Waals surface area contributed by atoms with Crippen molar-refractivity contribution >= 4 is 35.9 Å². The Labute approximate surface area is 97.8 Å². The first-order valence-corrected chi connectivity index (χ1v) is 4.12. The summed E-state index contributed by atoms with van der Waals surface area (Å²) in [5.74, 6) is -1.28. The van der Waals surface area contributed by atoms with Crippen LogP contribution in [0.3, 0.4) is 0 Å². The van der Waals surface area contributed by atoms with E-state index in [0.29, 0.717) is 0 Å². The minimum Gasteiger partial charge on any atom is -0.465 e. The van der Waals surface area contributed by atoms with Gasteiger partial charge in [-0.05, 0) is 12.1 Å². The monoisotopic (exact) mass is 249 g/mol. The number of carbonyl (C=O) groups is 2. The van der Waals surface area contributed by atoms with E-state index >= 15 is 0 Å². The average Bonchev–Trinajstić information content (AvgIpc) is 2.16. The molecule has 0 saturated heterocycles. The Hall–Kier alpha value is -1.26. The molecule has 0 heterocycles. The first-order chi connectivity index (χ1) is 6.57. The summed E-state index contributed by atoms with van der Waals surface area (Å²) in [6.45, 7) is 0. The molecule has 6 heteroatoms. The van der Waals surface area contributed by atoms with Crippen molar-refractivity contribution in [3.8, 4) is 0 Å². The summed E-state index contributed by atoms with van der Waals surface area (Å²) < 4.78 is 4.48. The number of carbonyl (C=O) groups excluding carboxylic acids is 2. The fourth-order valence-electron chi connectivity index (χ4n) is 0.990. The maximum atomic E-state index is 11.2. The van der Waals surface area contributed by atoms with E-state index in [2.05, 4.69) is 4.74 Å². The van der Waals surface area contributed by atoms with Crippen molar-refractivity contribution in [2.45, 2.75) is 0 Å². The van der Waals surface area contributed by atoms with Crippen LogP contribution < -0.4 is 5.73 Å². The molecule has 0 aliphatic carbocycles. The van der Waals surface area contributed by atoms with Gasteiger partial charge in [-0.3, -0.25) is 4.79 Å². The molecule has 1 rings (SSSR count). The van der Waals surface area contributed by atoms with Gasteiger partial charge in [0.15, 0.2) is 0 Å². The predicted octanol–water partition coefficient (Wildman–Crippen LogP) is 1.65. The second-order valence-electron chi connectivity index (χ2n) is 2.52. The molecule has 82 valence electrons. The van der Waals surface area contributed by atoms with Gasteiger partial charge in [0, 0.05) is 0 Å². The molecule has 2 N–H and O–H groups in total. The normalized spacial score (nSPS) is 8.93. The Balaban J connectivity index is 0.00000196. The second kappa shape index (κ2) is 5.58. The van der Waals surface area contributed by atoms with Gasteiger partial charge in [0.25, 0.3) is 0 Å². The van der Waals surface area contributed by atoms with Crippen LogP contribution >= 0.6 is 24.0 Å². The van der Waals surface area contributed by atoms with Gasteiger partial charge in [-0.2, -0.15) is 0 Å². The predicted molar refractivity (Wildman–Crippen MR) is 58.6 cm³/mol. The Morgan fingerprint density at radius 2 is 1.87 bits per heavy atom. The standard InChI is InChI=1S/C9H8ClNO3.ClH/c1-14-9(13)6-4-2-3-5(7(6)10)8(11)12;/h2-4H,1H3,(H2,11,12);1H. The van der Waals surface area contributed by atoms with Crippen molar-refractivity contribution in [1.82, 2.24) is 0 Å². The lowest BCUT2D eigenvalue weighted by Gasteiger charge is -2.04. The number of esters is 1. The van der Waals surface area contributed by atoms with Gasteiger partial charge in [0.05, 0.1) is 23.3 Å². The third-order valence-electron chi connectivity index (χ3n) is 1.67. The molecule has 1 aromatic rings. The number of ether oxygens (including phenoxy) is 1. The SMILES string of the molecule is COC(=O)c1cccc(C(N)=O)c1Cl.Cl. The maximum absolute atomic E-state index is 11.2. The Morgan fingerprint density at radius 3 is 2.33 bits per heavy atom. The van der Waals surface area contributed by atoms with Crippen molar-refractivity contribution in [2.75, 3.05) is 7.11 Å². The molecular weight excluding hydrogens is 241 g/mol. The van der Waals surface area contributed by atoms with Crippen LogP contribution in [0, 0.1) is 0 Å². The molecule has 4 nitrogen and oxygen atoms in total. The number of rotatable bonds is 2. The van der Waals surface area contributed by atoms with E-state index in [1.807, 2.05) is 0 Å². The highest BCUT2D eigenvalue weighted by atomic mass is 35.5. The molecule has 0 spiro atoms. The molecule has 0 radical (unpaired) electrons. The largest absolute Gasteiger partial charge is 0.465 e. The number of benzene rings is 1. The fourth-order valence-corrected chi connectivity index (χ4v) is 1.29. The molecule has 0 saturated carbocycles. The average molecular weight is 250 g/mol. The molecule has 0 bridgehead atoms. The lowest BCUT2D eigenvalue weighted by molar-refractivity contribution is 0.0601. The van der Waals surface area contributed by atoms with E-state index in [-0.39, 0.29) is 28.6 Å². The summed E-state index contributed by atoms with van der Waals surface area (Å²) in [4.78, 5) is 22.0. The van der Waals surface area contributed by atoms with E-state index in [9.17, 15) is 9.59 Å². The Bertz CT molecular complexity index is 393. The number of methoxy groups -OCH3 is 1. The molecule has 0 unspecified atom stereocenters. The molecule has 0 fully saturated rings. The van der Waals surface area contributed by atoms with Gasteiger partial charge in [0.1, 0.15) is 0 Å². The molecule has 0 aliphatic rings. The Kier molecular flexibility index (Phi) is 5.11. The van der Waals surface area contributed by atoms with E-state index in [1.54, 1.807) is 0 Å². The smallest absolute Gasteiger partial charge is 0.339 e. The van der Waals surface area contributed by atoms with Gasteiger partial charge >= 0.3 is 5.97 Å². The van der Waals surface area contributed by atoms with E-state index in [0.717, 1.165) is 0 Å². The fraction of sp³-hybridized carbons (Fsp3) is 0.111. The van der Waals surface area contributed by atoms with Crippen LogP contribution in [0.5, 0.6) is 0 Å². The topological polar surface area (TPSA) is 69.4 Å². The van der Waals surface area contributed by atoms with E-state index < -0.39 is 11.9 Å². The first-order valence-electron chi connectivity index (χ1n) is 3.74. The van der Waals surface area contributed by atoms with Crippen molar-refractivity contribution in [2.24, 2.45) is 5.73 Å². The van der Waals surface area contributed by atoms with E-state index in [4.69, 9.17) is 17.3 Å². The van der Waals surface area contributed by atoms with Crippen molar-refractivity contribution < 1.29 is 14.3 Å². The summed E-state index contributed by atoms with van der Waals surface area (Å²) in [5.41, 5.74) is 5.29. The number of hydrogen-bond donors (Lipinski definition) is 1. The molecule has 0 aliphatic heterocycles. The molecule has 1 aromatic carbocycles. The maximum Gasteiger partial charge on any atom is 0.339 e. The van der Waals surface area contributed by atoms with Gasteiger partial charge in [0.2, 0.25) is 5.91 Å². The van der Waals surface area contributed by atoms with Crippen LogP contribution in [0.2, 0.25) is 5.02 Å². The summed E-state index contributed by atoms with van der Waals surface area (Å²) in [6.07, 6.45) is 0. The number of amides is 1. The lowest BCUT2D eigenvalue weighted by atomic mass is 10.1. The summed E-state index contributed by atoms with van der Waals surface area (Å²) in [5, 5.41) is 0.0202. The lowest BCUT2D eigenvalue weighted by Crippen LogP contribution is -2.13. The summed E-state index contributed by atoms with van der Waals surface area (Å²) >= 11 is 5.78. The quantitative estimate of drug-likeness (QED) is 0.811. The van der Waals surface area contributed by atoms with Crippen molar-refractivity contribution in [3.05, 3.63) is 34.3 Å². The minimum absolute atomic E-state index is 0. The molecule has 1 amide bonds. The number of hydrogen-bond acceptors (Lipinski definition) is 3. The Morgan fingerprint density at radius 1 is 1.33 bits per heavy atom. The van der Waals surface area contributed by atoms with Gasteiger partial charge in [-0.25, -0.2) is 4.79 Å². The third kappa shape index (κ3) is 2.84. The molecule has 15 heavy (non-hydrogen) atoms. The van der Waals surface area contributed by atoms with Gasteiger partial charge < -0.3 is 10.5 Å². The summed E-state index contributed by atoms with van der Waals surface area (Å²) in [7, 11) is 1.23. The van der Waals surface area contributed by atoms with Crippen LogP contribution in [0.15, 0.2) is 18.2 Å². The molecule has 0 atom stereocenters. The van der Waals surface area contributed by atoms with Gasteiger partial charge in [-0.15, -0.1) is 12.4 Å². The second-order valence-corrected chi connectivity index (χ2v) is 2.90. The highest BCUT2D eigenvalue weighted by molar-refractivity contribution is 6.36. The van der Waals surface area contributed by atoms with Crippen molar-refractivity contribution in [3.63, 3.8) is 0 Å². The number of nitrogens with two attached hydrogens (primary N) is 1. The van der Waals surface area contributed by atoms with Crippen LogP contribution in [0.4, 0.5) is 0 Å². The first kappa shape index (κ1) is 13.7. The zero-order valence-corrected chi connectivity index (χ0v) is 9.39. The van der Waals surface area contributed by atoms with Gasteiger partial charge in [-0.1, -0.05) is 17.7 Å². The zero-order chi connectivity index (χ0) is 10.7. The highest BCUT2D eigenvalue weighted by Gasteiger charge is 2.15. The highest BCUT2D eigenvalue weighted by Crippen LogP contribution is 2.21. The van der Waals surface area contributed by atoms with Crippen LogP contribution in [0.25, 0.3) is 0 Å². The van der Waals surface area contributed by atoms with E-state index in [1.165, 1.54) is 25.3 Å². The molecule has 0 aromatic heterocycles. The number of halogens is 2. The number of primary amides is 1.